The maximum absolute atomic E-state index is 12.7. The van der Waals surface area contributed by atoms with E-state index in [1.54, 1.807) is 6.07 Å². The second-order valence-electron chi connectivity index (χ2n) is 5.65. The van der Waals surface area contributed by atoms with E-state index in [2.05, 4.69) is 5.32 Å². The van der Waals surface area contributed by atoms with Crippen molar-refractivity contribution in [1.82, 2.24) is 0 Å². The highest BCUT2D eigenvalue weighted by molar-refractivity contribution is 7.89. The van der Waals surface area contributed by atoms with Gasteiger partial charge in [-0.3, -0.25) is 4.79 Å². The third-order valence-corrected chi connectivity index (χ3v) is 4.77. The number of methoxy groups -OCH3 is 1. The number of hydrogen-bond donors (Lipinski definition) is 2. The molecule has 0 heterocycles. The third-order valence-electron chi connectivity index (χ3n) is 3.83. The number of rotatable bonds is 7. The van der Waals surface area contributed by atoms with Crippen LogP contribution in [0, 0.1) is 0 Å². The summed E-state index contributed by atoms with van der Waals surface area (Å²) >= 11 is 0. The lowest BCUT2D eigenvalue weighted by Gasteiger charge is -2.17. The summed E-state index contributed by atoms with van der Waals surface area (Å²) in [5.74, 6) is -0.376. The number of hydrogen-bond acceptors (Lipinski definition) is 4. The Labute approximate surface area is 148 Å². The van der Waals surface area contributed by atoms with Gasteiger partial charge in [0.15, 0.2) is 0 Å². The van der Waals surface area contributed by atoms with Crippen LogP contribution in [0.15, 0.2) is 53.4 Å². The average molecular weight is 362 g/mol. The minimum absolute atomic E-state index is 0.133. The zero-order valence-corrected chi connectivity index (χ0v) is 15.0. The van der Waals surface area contributed by atoms with Crippen molar-refractivity contribution in [3.05, 3.63) is 54.1 Å². The molecule has 1 amide bonds. The summed E-state index contributed by atoms with van der Waals surface area (Å²) in [6.45, 7) is 2.01. The molecule has 6 nitrogen and oxygen atoms in total. The number of sulfonamides is 1. The van der Waals surface area contributed by atoms with Crippen LogP contribution < -0.4 is 15.2 Å². The zero-order chi connectivity index (χ0) is 18.4. The fourth-order valence-corrected chi connectivity index (χ4v) is 3.35. The van der Waals surface area contributed by atoms with Crippen molar-refractivity contribution in [3.8, 4) is 5.75 Å². The number of carbonyl (C=O) groups excluding carboxylic acids is 1. The summed E-state index contributed by atoms with van der Waals surface area (Å²) in [6.07, 6.45) is 1.53. The first-order valence-corrected chi connectivity index (χ1v) is 9.48. The predicted molar refractivity (Wildman–Crippen MR) is 97.1 cm³/mol. The van der Waals surface area contributed by atoms with Crippen LogP contribution >= 0.6 is 0 Å². The van der Waals surface area contributed by atoms with Crippen molar-refractivity contribution >= 4 is 21.6 Å². The van der Waals surface area contributed by atoms with Crippen molar-refractivity contribution in [2.45, 2.75) is 30.6 Å². The van der Waals surface area contributed by atoms with Crippen LogP contribution in [-0.4, -0.2) is 21.4 Å². The SMILES string of the molecule is CCC[C@H](C(=O)Nc1ccc(OC)c(S(N)(=O)=O)c1)c1ccccc1. The average Bonchev–Trinajstić information content (AvgIpc) is 2.59. The summed E-state index contributed by atoms with van der Waals surface area (Å²) in [4.78, 5) is 12.5. The zero-order valence-electron chi connectivity index (χ0n) is 14.2. The van der Waals surface area contributed by atoms with Gasteiger partial charge in [0.1, 0.15) is 10.6 Å². The lowest BCUT2D eigenvalue weighted by molar-refractivity contribution is -0.117. The normalized spacial score (nSPS) is 12.4. The summed E-state index contributed by atoms with van der Waals surface area (Å²) in [5.41, 5.74) is 1.27. The molecule has 0 saturated heterocycles. The maximum atomic E-state index is 12.7. The quantitative estimate of drug-likeness (QED) is 0.791. The fraction of sp³-hybridized carbons (Fsp3) is 0.278. The molecule has 7 heteroatoms. The number of carbonyl (C=O) groups is 1. The molecule has 0 spiro atoms. The van der Waals surface area contributed by atoms with E-state index in [-0.39, 0.29) is 22.5 Å². The highest BCUT2D eigenvalue weighted by Crippen LogP contribution is 2.28. The number of nitrogens with two attached hydrogens (primary N) is 1. The summed E-state index contributed by atoms with van der Waals surface area (Å²) in [5, 5.41) is 7.99. The maximum Gasteiger partial charge on any atom is 0.241 e. The molecule has 0 aliphatic heterocycles. The van der Waals surface area contributed by atoms with Crippen molar-refractivity contribution in [2.75, 3.05) is 12.4 Å². The molecule has 2 rings (SSSR count). The van der Waals surface area contributed by atoms with Gasteiger partial charge < -0.3 is 10.1 Å². The van der Waals surface area contributed by atoms with Crippen molar-refractivity contribution in [1.29, 1.82) is 0 Å². The van der Waals surface area contributed by atoms with Gasteiger partial charge in [0, 0.05) is 5.69 Å². The standard InChI is InChI=1S/C18H22N2O4S/c1-3-7-15(13-8-5-4-6-9-13)18(21)20-14-10-11-16(24-2)17(12-14)25(19,22)23/h4-6,8-12,15H,3,7H2,1-2H3,(H,20,21)(H2,19,22,23)/t15-/m0/s1. The molecule has 25 heavy (non-hydrogen) atoms. The van der Waals surface area contributed by atoms with E-state index in [0.29, 0.717) is 12.1 Å². The molecule has 134 valence electrons. The monoisotopic (exact) mass is 362 g/mol. The van der Waals surface area contributed by atoms with Crippen molar-refractivity contribution in [3.63, 3.8) is 0 Å². The Balaban J connectivity index is 2.30. The van der Waals surface area contributed by atoms with Gasteiger partial charge in [0.25, 0.3) is 0 Å². The third kappa shape index (κ3) is 4.80. The van der Waals surface area contributed by atoms with Crippen LogP contribution in [0.2, 0.25) is 0 Å². The van der Waals surface area contributed by atoms with Crippen LogP contribution in [0.5, 0.6) is 5.75 Å². The molecule has 0 unspecified atom stereocenters. The van der Waals surface area contributed by atoms with Crippen molar-refractivity contribution in [2.24, 2.45) is 5.14 Å². The van der Waals surface area contributed by atoms with Gasteiger partial charge in [-0.1, -0.05) is 43.7 Å². The Kier molecular flexibility index (Phi) is 6.17. The molecule has 0 saturated carbocycles. The lowest BCUT2D eigenvalue weighted by Crippen LogP contribution is -2.21. The Morgan fingerprint density at radius 3 is 2.44 bits per heavy atom. The summed E-state index contributed by atoms with van der Waals surface area (Å²) in [6, 6.07) is 13.8. The molecule has 0 aliphatic rings. The van der Waals surface area contributed by atoms with Crippen LogP contribution in [0.1, 0.15) is 31.2 Å². The van der Waals surface area contributed by atoms with E-state index in [1.807, 2.05) is 37.3 Å². The number of amides is 1. The largest absolute Gasteiger partial charge is 0.495 e. The van der Waals surface area contributed by atoms with Crippen LogP contribution in [-0.2, 0) is 14.8 Å². The number of ether oxygens (including phenoxy) is 1. The Bertz CT molecular complexity index is 835. The molecule has 0 radical (unpaired) electrons. The Morgan fingerprint density at radius 1 is 1.20 bits per heavy atom. The molecule has 2 aromatic rings. The summed E-state index contributed by atoms with van der Waals surface area (Å²) in [7, 11) is -2.61. The van der Waals surface area contributed by atoms with Gasteiger partial charge in [-0.25, -0.2) is 13.6 Å². The van der Waals surface area contributed by atoms with Crippen LogP contribution in [0.25, 0.3) is 0 Å². The van der Waals surface area contributed by atoms with E-state index in [0.717, 1.165) is 12.0 Å². The molecule has 2 aromatic carbocycles. The number of benzene rings is 2. The molecule has 1 atom stereocenters. The predicted octanol–water partition coefficient (Wildman–Crippen LogP) is 2.87. The van der Waals surface area contributed by atoms with Gasteiger partial charge in [-0.05, 0) is 30.2 Å². The fourth-order valence-electron chi connectivity index (χ4n) is 2.63. The first-order valence-electron chi connectivity index (χ1n) is 7.93. The number of primary sulfonamides is 1. The second kappa shape index (κ2) is 8.13. The second-order valence-corrected chi connectivity index (χ2v) is 7.18. The minimum atomic E-state index is -3.96. The van der Waals surface area contributed by atoms with Gasteiger partial charge >= 0.3 is 0 Å². The van der Waals surface area contributed by atoms with E-state index >= 15 is 0 Å². The van der Waals surface area contributed by atoms with Crippen LogP contribution in [0.4, 0.5) is 5.69 Å². The molecule has 0 bridgehead atoms. The molecule has 0 aromatic heterocycles. The highest BCUT2D eigenvalue weighted by Gasteiger charge is 2.21. The van der Waals surface area contributed by atoms with E-state index in [9.17, 15) is 13.2 Å². The van der Waals surface area contributed by atoms with Gasteiger partial charge in [0.2, 0.25) is 15.9 Å². The molecule has 0 fully saturated rings. The van der Waals surface area contributed by atoms with E-state index in [4.69, 9.17) is 9.88 Å². The Morgan fingerprint density at radius 2 is 1.88 bits per heavy atom. The molecule has 0 aliphatic carbocycles. The first kappa shape index (κ1) is 19.0. The Hall–Kier alpha value is -2.38. The minimum Gasteiger partial charge on any atom is -0.495 e. The van der Waals surface area contributed by atoms with Crippen LogP contribution in [0.3, 0.4) is 0 Å². The highest BCUT2D eigenvalue weighted by atomic mass is 32.2. The van der Waals surface area contributed by atoms with Gasteiger partial charge in [-0.2, -0.15) is 0 Å². The van der Waals surface area contributed by atoms with Gasteiger partial charge in [-0.15, -0.1) is 0 Å². The van der Waals surface area contributed by atoms with E-state index in [1.165, 1.54) is 19.2 Å². The summed E-state index contributed by atoms with van der Waals surface area (Å²) < 4.78 is 28.4. The first-order chi connectivity index (χ1) is 11.9. The lowest BCUT2D eigenvalue weighted by atomic mass is 9.93. The number of anilines is 1. The smallest absolute Gasteiger partial charge is 0.241 e. The molecular formula is C18H22N2O4S. The molecule has 3 N–H and O–H groups in total. The number of nitrogens with one attached hydrogen (secondary N) is 1. The topological polar surface area (TPSA) is 98.5 Å². The van der Waals surface area contributed by atoms with Crippen molar-refractivity contribution < 1.29 is 17.9 Å². The molecular weight excluding hydrogens is 340 g/mol. The van der Waals surface area contributed by atoms with Gasteiger partial charge in [0.05, 0.1) is 13.0 Å². The van der Waals surface area contributed by atoms with E-state index < -0.39 is 10.0 Å².